The number of sulfonamides is 1. The Morgan fingerprint density at radius 2 is 1.53 bits per heavy atom. The van der Waals surface area contributed by atoms with Crippen LogP contribution in [0.4, 0.5) is 0 Å². The first-order chi connectivity index (χ1) is 14.5. The lowest BCUT2D eigenvalue weighted by Crippen LogP contribution is -2.22. The second kappa shape index (κ2) is 9.09. The normalized spacial score (nSPS) is 13.0. The molecule has 6 nitrogen and oxygen atoms in total. The van der Waals surface area contributed by atoms with Crippen LogP contribution in [0.3, 0.4) is 0 Å². The number of nitrogens with zero attached hydrogens (tertiary/aromatic N) is 1. The van der Waals surface area contributed by atoms with E-state index in [0.717, 1.165) is 28.5 Å². The van der Waals surface area contributed by atoms with Gasteiger partial charge in [-0.2, -0.15) is 0 Å². The van der Waals surface area contributed by atoms with Crippen molar-refractivity contribution in [2.75, 3.05) is 12.7 Å². The van der Waals surface area contributed by atoms with Crippen LogP contribution < -0.4 is 14.6 Å². The van der Waals surface area contributed by atoms with Crippen LogP contribution in [0.15, 0.2) is 82.6 Å². The Bertz CT molecular complexity index is 1100. The number of thioether (sulfide) groups is 1. The predicted octanol–water partition coefficient (Wildman–Crippen LogP) is 3.81. The van der Waals surface area contributed by atoms with Crippen molar-refractivity contribution in [3.8, 4) is 11.5 Å². The summed E-state index contributed by atoms with van der Waals surface area (Å²) in [6.07, 6.45) is 0. The minimum atomic E-state index is -3.69. The summed E-state index contributed by atoms with van der Waals surface area (Å²) in [4.78, 5) is 3.60. The summed E-state index contributed by atoms with van der Waals surface area (Å²) >= 11 is 1.75. The number of ether oxygens (including phenoxy) is 2. The van der Waals surface area contributed by atoms with Crippen LogP contribution in [-0.2, 0) is 23.1 Å². The van der Waals surface area contributed by atoms with E-state index in [1.165, 1.54) is 4.90 Å². The topological polar surface area (TPSA) is 81.9 Å². The van der Waals surface area contributed by atoms with Gasteiger partial charge in [0.25, 0.3) is 0 Å². The number of hydrogen-bond acceptors (Lipinski definition) is 6. The van der Waals surface area contributed by atoms with Gasteiger partial charge in [-0.3, -0.25) is 4.90 Å². The van der Waals surface area contributed by atoms with Gasteiger partial charge in [-0.25, -0.2) is 13.6 Å². The Hall–Kier alpha value is -2.52. The maximum Gasteiger partial charge on any atom is 0.238 e. The van der Waals surface area contributed by atoms with Crippen molar-refractivity contribution in [1.29, 1.82) is 0 Å². The third-order valence-corrected chi connectivity index (χ3v) is 6.69. The molecular weight excluding hydrogens is 420 g/mol. The molecule has 0 amide bonds. The minimum Gasteiger partial charge on any atom is -0.454 e. The molecule has 0 atom stereocenters. The summed E-state index contributed by atoms with van der Waals surface area (Å²) in [5, 5.41) is 5.20. The Morgan fingerprint density at radius 3 is 2.27 bits per heavy atom. The van der Waals surface area contributed by atoms with Crippen molar-refractivity contribution in [1.82, 2.24) is 4.90 Å². The molecule has 3 aromatic rings. The number of fused-ring (bicyclic) bond motifs is 1. The lowest BCUT2D eigenvalue weighted by Gasteiger charge is -2.22. The van der Waals surface area contributed by atoms with Crippen molar-refractivity contribution < 1.29 is 17.9 Å². The monoisotopic (exact) mass is 442 g/mol. The molecule has 0 saturated heterocycles. The van der Waals surface area contributed by atoms with E-state index >= 15 is 0 Å². The van der Waals surface area contributed by atoms with Gasteiger partial charge in [-0.1, -0.05) is 36.4 Å². The average Bonchev–Trinajstić information content (AvgIpc) is 3.20. The van der Waals surface area contributed by atoms with E-state index in [9.17, 15) is 8.42 Å². The van der Waals surface area contributed by atoms with Crippen LogP contribution in [0.1, 0.15) is 11.1 Å². The summed E-state index contributed by atoms with van der Waals surface area (Å²) in [5.41, 5.74) is 2.13. The number of primary sulfonamides is 1. The highest BCUT2D eigenvalue weighted by Gasteiger charge is 2.15. The van der Waals surface area contributed by atoms with Crippen LogP contribution in [0, 0.1) is 0 Å². The summed E-state index contributed by atoms with van der Waals surface area (Å²) in [7, 11) is -3.69. The number of nitrogens with two attached hydrogens (primary N) is 1. The van der Waals surface area contributed by atoms with Gasteiger partial charge in [0.1, 0.15) is 0 Å². The van der Waals surface area contributed by atoms with E-state index < -0.39 is 10.0 Å². The molecular formula is C22H22N2O4S2. The molecule has 3 aromatic carbocycles. The molecule has 0 fully saturated rings. The molecule has 0 saturated carbocycles. The molecule has 156 valence electrons. The van der Waals surface area contributed by atoms with Gasteiger partial charge in [0.15, 0.2) is 11.5 Å². The minimum absolute atomic E-state index is 0.118. The lowest BCUT2D eigenvalue weighted by molar-refractivity contribution is 0.174. The SMILES string of the molecule is NS(=O)(=O)c1ccc(CN(CSc2ccccc2)Cc2ccc3c(c2)OCO3)cc1. The molecule has 0 spiro atoms. The van der Waals surface area contributed by atoms with Crippen LogP contribution in [0.5, 0.6) is 11.5 Å². The molecule has 0 radical (unpaired) electrons. The fourth-order valence-electron chi connectivity index (χ4n) is 3.17. The summed E-state index contributed by atoms with van der Waals surface area (Å²) in [6, 6.07) is 22.9. The maximum atomic E-state index is 11.5. The molecule has 0 aliphatic carbocycles. The predicted molar refractivity (Wildman–Crippen MR) is 117 cm³/mol. The summed E-state index contributed by atoms with van der Waals surface area (Å²) < 4.78 is 33.9. The number of hydrogen-bond donors (Lipinski definition) is 1. The fourth-order valence-corrected chi connectivity index (χ4v) is 4.55. The molecule has 1 aliphatic heterocycles. The smallest absolute Gasteiger partial charge is 0.238 e. The van der Waals surface area contributed by atoms with Gasteiger partial charge in [0.2, 0.25) is 16.8 Å². The second-order valence-electron chi connectivity index (χ2n) is 6.95. The molecule has 8 heteroatoms. The molecule has 0 bridgehead atoms. The van der Waals surface area contributed by atoms with Gasteiger partial charge in [0.05, 0.1) is 4.90 Å². The zero-order valence-corrected chi connectivity index (χ0v) is 17.9. The van der Waals surface area contributed by atoms with E-state index in [1.807, 2.05) is 36.4 Å². The zero-order chi connectivity index (χ0) is 21.0. The van der Waals surface area contributed by atoms with Gasteiger partial charge >= 0.3 is 0 Å². The maximum absolute atomic E-state index is 11.5. The quantitative estimate of drug-likeness (QED) is 0.422. The highest BCUT2D eigenvalue weighted by Crippen LogP contribution is 2.33. The molecule has 2 N–H and O–H groups in total. The van der Waals surface area contributed by atoms with Crippen molar-refractivity contribution >= 4 is 21.8 Å². The van der Waals surface area contributed by atoms with Crippen LogP contribution in [-0.4, -0.2) is 26.0 Å². The molecule has 1 aliphatic rings. The Kier molecular flexibility index (Phi) is 6.29. The Labute approximate surface area is 180 Å². The van der Waals surface area contributed by atoms with Crippen molar-refractivity contribution in [2.45, 2.75) is 22.9 Å². The standard InChI is InChI=1S/C22H22N2O4S2/c23-30(25,26)20-9-6-17(7-10-20)13-24(15-29-19-4-2-1-3-5-19)14-18-8-11-21-22(12-18)28-16-27-21/h1-12H,13-16H2,(H2,23,25,26). The Balaban J connectivity index is 1.50. The molecule has 0 unspecified atom stereocenters. The molecule has 0 aromatic heterocycles. The number of rotatable bonds is 8. The largest absolute Gasteiger partial charge is 0.454 e. The summed E-state index contributed by atoms with van der Waals surface area (Å²) in [6.45, 7) is 1.63. The fraction of sp³-hybridized carbons (Fsp3) is 0.182. The van der Waals surface area contributed by atoms with E-state index in [2.05, 4.69) is 17.0 Å². The van der Waals surface area contributed by atoms with Gasteiger partial charge in [-0.15, -0.1) is 11.8 Å². The summed E-state index contributed by atoms with van der Waals surface area (Å²) in [5.74, 6) is 2.30. The lowest BCUT2D eigenvalue weighted by atomic mass is 10.1. The van der Waals surface area contributed by atoms with E-state index in [4.69, 9.17) is 14.6 Å². The van der Waals surface area contributed by atoms with Gasteiger partial charge in [0, 0.05) is 23.9 Å². The first-order valence-corrected chi connectivity index (χ1v) is 11.9. The van der Waals surface area contributed by atoms with Crippen LogP contribution in [0.25, 0.3) is 0 Å². The average molecular weight is 443 g/mol. The van der Waals surface area contributed by atoms with Crippen LogP contribution in [0.2, 0.25) is 0 Å². The zero-order valence-electron chi connectivity index (χ0n) is 16.2. The number of benzene rings is 3. The third kappa shape index (κ3) is 5.34. The molecule has 4 rings (SSSR count). The Morgan fingerprint density at radius 1 is 0.867 bits per heavy atom. The van der Waals surface area contributed by atoms with Crippen LogP contribution >= 0.6 is 11.8 Å². The highest BCUT2D eigenvalue weighted by atomic mass is 32.2. The molecule has 1 heterocycles. The molecule has 30 heavy (non-hydrogen) atoms. The van der Waals surface area contributed by atoms with E-state index in [0.29, 0.717) is 13.1 Å². The van der Waals surface area contributed by atoms with E-state index in [1.54, 1.807) is 36.0 Å². The van der Waals surface area contributed by atoms with Crippen molar-refractivity contribution in [3.05, 3.63) is 83.9 Å². The highest BCUT2D eigenvalue weighted by molar-refractivity contribution is 7.99. The first kappa shape index (κ1) is 20.7. The van der Waals surface area contributed by atoms with Crippen molar-refractivity contribution in [2.24, 2.45) is 5.14 Å². The van der Waals surface area contributed by atoms with Crippen molar-refractivity contribution in [3.63, 3.8) is 0 Å². The first-order valence-electron chi connectivity index (χ1n) is 9.38. The third-order valence-electron chi connectivity index (χ3n) is 4.66. The van der Waals surface area contributed by atoms with Gasteiger partial charge < -0.3 is 9.47 Å². The second-order valence-corrected chi connectivity index (χ2v) is 9.53. The van der Waals surface area contributed by atoms with Gasteiger partial charge in [-0.05, 0) is 47.5 Å². The van der Waals surface area contributed by atoms with E-state index in [-0.39, 0.29) is 11.7 Å².